The van der Waals surface area contributed by atoms with Gasteiger partial charge in [-0.05, 0) is 37.3 Å². The van der Waals surface area contributed by atoms with Gasteiger partial charge in [-0.2, -0.15) is 0 Å². The van der Waals surface area contributed by atoms with Gasteiger partial charge in [0, 0.05) is 6.54 Å². The lowest BCUT2D eigenvalue weighted by Crippen LogP contribution is -2.46. The van der Waals surface area contributed by atoms with Crippen LogP contribution in [0.4, 0.5) is 0 Å². The van der Waals surface area contributed by atoms with Crippen molar-refractivity contribution in [3.63, 3.8) is 0 Å². The van der Waals surface area contributed by atoms with Crippen LogP contribution in [0.25, 0.3) is 0 Å². The lowest BCUT2D eigenvalue weighted by Gasteiger charge is -2.39. The number of hydrogen-bond donors (Lipinski definition) is 1. The van der Waals surface area contributed by atoms with Gasteiger partial charge in [0.25, 0.3) is 0 Å². The Morgan fingerprint density at radius 1 is 1.53 bits per heavy atom. The first-order valence-corrected chi connectivity index (χ1v) is 6.10. The van der Waals surface area contributed by atoms with Gasteiger partial charge in [-0.1, -0.05) is 19.3 Å². The summed E-state index contributed by atoms with van der Waals surface area (Å²) in [6.07, 6.45) is 8.45. The van der Waals surface area contributed by atoms with Crippen LogP contribution in [0.5, 0.6) is 0 Å². The fourth-order valence-electron chi connectivity index (χ4n) is 3.01. The summed E-state index contributed by atoms with van der Waals surface area (Å²) in [5.74, 6) is 2.11. The molecule has 2 heteroatoms. The molecule has 1 unspecified atom stereocenters. The SMILES string of the molecule is CC1(CC2CCC2)NCCc2ccoc21. The Morgan fingerprint density at radius 2 is 2.40 bits per heavy atom. The first kappa shape index (κ1) is 9.46. The van der Waals surface area contributed by atoms with Crippen molar-refractivity contribution in [2.75, 3.05) is 6.54 Å². The zero-order valence-electron chi connectivity index (χ0n) is 9.38. The molecule has 1 saturated carbocycles. The molecule has 0 aromatic carbocycles. The van der Waals surface area contributed by atoms with Gasteiger partial charge in [0.1, 0.15) is 5.76 Å². The normalized spacial score (nSPS) is 31.0. The van der Waals surface area contributed by atoms with E-state index in [4.69, 9.17) is 4.42 Å². The maximum Gasteiger partial charge on any atom is 0.126 e. The first-order chi connectivity index (χ1) is 7.28. The molecule has 1 aliphatic heterocycles. The highest BCUT2D eigenvalue weighted by Gasteiger charge is 2.38. The van der Waals surface area contributed by atoms with Crippen LogP contribution >= 0.6 is 0 Å². The van der Waals surface area contributed by atoms with Crippen molar-refractivity contribution < 1.29 is 4.42 Å². The van der Waals surface area contributed by atoms with E-state index in [-0.39, 0.29) is 5.54 Å². The molecule has 1 fully saturated rings. The van der Waals surface area contributed by atoms with Crippen LogP contribution in [-0.4, -0.2) is 6.54 Å². The molecule has 1 atom stereocenters. The molecule has 2 nitrogen and oxygen atoms in total. The minimum atomic E-state index is 0.0994. The summed E-state index contributed by atoms with van der Waals surface area (Å²) < 4.78 is 5.68. The minimum Gasteiger partial charge on any atom is -0.467 e. The maximum absolute atomic E-state index is 5.68. The molecule has 0 saturated heterocycles. The molecule has 1 N–H and O–H groups in total. The standard InChI is InChI=1S/C13H19NO/c1-13(9-10-3-2-4-10)12-11(5-7-14-13)6-8-15-12/h6,8,10,14H,2-5,7,9H2,1H3. The van der Waals surface area contributed by atoms with Gasteiger partial charge >= 0.3 is 0 Å². The Balaban J connectivity index is 1.85. The number of nitrogens with one attached hydrogen (secondary N) is 1. The molecule has 1 aliphatic carbocycles. The molecule has 0 bridgehead atoms. The van der Waals surface area contributed by atoms with E-state index in [1.54, 1.807) is 0 Å². The van der Waals surface area contributed by atoms with Crippen molar-refractivity contribution >= 4 is 0 Å². The van der Waals surface area contributed by atoms with Crippen LogP contribution in [0.1, 0.15) is 43.9 Å². The summed E-state index contributed by atoms with van der Waals surface area (Å²) in [6.45, 7) is 3.39. The molecule has 0 spiro atoms. The summed E-state index contributed by atoms with van der Waals surface area (Å²) in [5.41, 5.74) is 1.51. The Bertz CT molecular complexity index is 353. The fourth-order valence-corrected chi connectivity index (χ4v) is 3.01. The first-order valence-electron chi connectivity index (χ1n) is 6.10. The van der Waals surface area contributed by atoms with E-state index in [2.05, 4.69) is 18.3 Å². The van der Waals surface area contributed by atoms with E-state index in [0.29, 0.717) is 0 Å². The van der Waals surface area contributed by atoms with Gasteiger partial charge in [0.15, 0.2) is 0 Å². The Hall–Kier alpha value is -0.760. The van der Waals surface area contributed by atoms with Crippen LogP contribution < -0.4 is 5.32 Å². The van der Waals surface area contributed by atoms with Crippen molar-refractivity contribution in [2.45, 2.75) is 44.6 Å². The van der Waals surface area contributed by atoms with Crippen LogP contribution in [-0.2, 0) is 12.0 Å². The highest BCUT2D eigenvalue weighted by Crippen LogP contribution is 2.40. The number of fused-ring (bicyclic) bond motifs is 1. The van der Waals surface area contributed by atoms with Crippen molar-refractivity contribution in [3.05, 3.63) is 23.7 Å². The van der Waals surface area contributed by atoms with E-state index in [1.165, 1.54) is 37.0 Å². The van der Waals surface area contributed by atoms with Gasteiger partial charge in [-0.3, -0.25) is 0 Å². The van der Waals surface area contributed by atoms with Crippen molar-refractivity contribution in [3.8, 4) is 0 Å². The molecule has 82 valence electrons. The second kappa shape index (κ2) is 3.38. The molecule has 2 aliphatic rings. The predicted octanol–water partition coefficient (Wildman–Crippen LogP) is 2.83. The average Bonchev–Trinajstić information content (AvgIpc) is 2.61. The van der Waals surface area contributed by atoms with E-state index in [9.17, 15) is 0 Å². The van der Waals surface area contributed by atoms with E-state index >= 15 is 0 Å². The highest BCUT2D eigenvalue weighted by molar-refractivity contribution is 5.27. The van der Waals surface area contributed by atoms with Gasteiger partial charge in [0.05, 0.1) is 11.8 Å². The molecule has 2 heterocycles. The zero-order chi connectivity index (χ0) is 10.3. The minimum absolute atomic E-state index is 0.0994. The third-order valence-corrected chi connectivity index (χ3v) is 4.08. The van der Waals surface area contributed by atoms with E-state index in [1.807, 2.05) is 6.26 Å². The smallest absolute Gasteiger partial charge is 0.126 e. The summed E-state index contributed by atoms with van der Waals surface area (Å²) in [5, 5.41) is 3.64. The summed E-state index contributed by atoms with van der Waals surface area (Å²) in [4.78, 5) is 0. The molecule has 0 amide bonds. The lowest BCUT2D eigenvalue weighted by atomic mass is 9.74. The lowest BCUT2D eigenvalue weighted by molar-refractivity contribution is 0.173. The van der Waals surface area contributed by atoms with Gasteiger partial charge in [0.2, 0.25) is 0 Å². The molecular formula is C13H19NO. The van der Waals surface area contributed by atoms with Gasteiger partial charge in [-0.25, -0.2) is 0 Å². The quantitative estimate of drug-likeness (QED) is 0.803. The van der Waals surface area contributed by atoms with Crippen molar-refractivity contribution in [1.29, 1.82) is 0 Å². The third kappa shape index (κ3) is 1.51. The Kier molecular flexibility index (Phi) is 2.13. The van der Waals surface area contributed by atoms with Crippen LogP contribution in [0.15, 0.2) is 16.7 Å². The van der Waals surface area contributed by atoms with E-state index < -0.39 is 0 Å². The molecule has 3 rings (SSSR count). The van der Waals surface area contributed by atoms with Gasteiger partial charge in [-0.15, -0.1) is 0 Å². The molecule has 1 aromatic rings. The average molecular weight is 205 g/mol. The van der Waals surface area contributed by atoms with Crippen molar-refractivity contribution in [1.82, 2.24) is 5.32 Å². The monoisotopic (exact) mass is 205 g/mol. The van der Waals surface area contributed by atoms with E-state index in [0.717, 1.165) is 18.9 Å². The zero-order valence-corrected chi connectivity index (χ0v) is 9.38. The molecule has 0 radical (unpaired) electrons. The van der Waals surface area contributed by atoms with Gasteiger partial charge < -0.3 is 9.73 Å². The fraction of sp³-hybridized carbons (Fsp3) is 0.692. The number of furan rings is 1. The topological polar surface area (TPSA) is 25.2 Å². The van der Waals surface area contributed by atoms with Crippen molar-refractivity contribution in [2.24, 2.45) is 5.92 Å². The number of rotatable bonds is 2. The Labute approximate surface area is 91.0 Å². The predicted molar refractivity (Wildman–Crippen MR) is 59.7 cm³/mol. The number of hydrogen-bond acceptors (Lipinski definition) is 2. The Morgan fingerprint density at radius 3 is 3.13 bits per heavy atom. The molecular weight excluding hydrogens is 186 g/mol. The summed E-state index contributed by atoms with van der Waals surface area (Å²) in [6, 6.07) is 2.13. The van der Waals surface area contributed by atoms with Crippen LogP contribution in [0.3, 0.4) is 0 Å². The second-order valence-corrected chi connectivity index (χ2v) is 5.28. The molecule has 15 heavy (non-hydrogen) atoms. The maximum atomic E-state index is 5.68. The van der Waals surface area contributed by atoms with Crippen LogP contribution in [0, 0.1) is 5.92 Å². The summed E-state index contributed by atoms with van der Waals surface area (Å²) in [7, 11) is 0. The highest BCUT2D eigenvalue weighted by atomic mass is 16.3. The molecule has 1 aromatic heterocycles. The largest absolute Gasteiger partial charge is 0.467 e. The van der Waals surface area contributed by atoms with Crippen LogP contribution in [0.2, 0.25) is 0 Å². The third-order valence-electron chi connectivity index (χ3n) is 4.08. The second-order valence-electron chi connectivity index (χ2n) is 5.28. The summed E-state index contributed by atoms with van der Waals surface area (Å²) >= 11 is 0.